The number of rotatable bonds is 6. The maximum atomic E-state index is 12.8. The van der Waals surface area contributed by atoms with Crippen LogP contribution in [0.25, 0.3) is 33.6 Å². The zero-order valence-electron chi connectivity index (χ0n) is 21.4. The standard InChI is InChI=1S/C31H29ClN6O/c32-25-8-6-22(7-9-25)28-10-11-29(36-28)27-17-23(18-34-31(27)33)24-19-35-38(20-24)26-12-14-37(15-13-26)30(39)16-21-4-2-1-3-5-21/h1-11,17-20,26,36H,12-16H2,(H2,33,34). The summed E-state index contributed by atoms with van der Waals surface area (Å²) < 4.78 is 2.03. The molecule has 3 N–H and O–H groups in total. The Morgan fingerprint density at radius 1 is 0.923 bits per heavy atom. The number of nitrogens with zero attached hydrogens (tertiary/aromatic N) is 4. The summed E-state index contributed by atoms with van der Waals surface area (Å²) in [5.74, 6) is 0.646. The van der Waals surface area contributed by atoms with Gasteiger partial charge >= 0.3 is 0 Å². The van der Waals surface area contributed by atoms with Gasteiger partial charge in [0.25, 0.3) is 0 Å². The summed E-state index contributed by atoms with van der Waals surface area (Å²) >= 11 is 6.04. The molecule has 0 bridgehead atoms. The molecule has 0 unspecified atom stereocenters. The number of hydrogen-bond acceptors (Lipinski definition) is 4. The molecule has 0 radical (unpaired) electrons. The fourth-order valence-corrected chi connectivity index (χ4v) is 5.27. The van der Waals surface area contributed by atoms with Crippen LogP contribution < -0.4 is 5.73 Å². The van der Waals surface area contributed by atoms with Crippen molar-refractivity contribution in [3.8, 4) is 33.6 Å². The number of nitrogens with one attached hydrogen (secondary N) is 1. The number of carbonyl (C=O) groups is 1. The summed E-state index contributed by atoms with van der Waals surface area (Å²) in [6.45, 7) is 1.48. The summed E-state index contributed by atoms with van der Waals surface area (Å²) in [5.41, 5.74) is 13.0. The monoisotopic (exact) mass is 536 g/mol. The van der Waals surface area contributed by atoms with Gasteiger partial charge in [-0.2, -0.15) is 5.10 Å². The highest BCUT2D eigenvalue weighted by molar-refractivity contribution is 6.30. The van der Waals surface area contributed by atoms with Crippen LogP contribution in [-0.4, -0.2) is 43.6 Å². The number of piperidine rings is 1. The van der Waals surface area contributed by atoms with E-state index in [0.717, 1.165) is 65.1 Å². The zero-order chi connectivity index (χ0) is 26.8. The van der Waals surface area contributed by atoms with E-state index in [-0.39, 0.29) is 11.9 Å². The molecule has 3 aromatic heterocycles. The number of anilines is 1. The fourth-order valence-electron chi connectivity index (χ4n) is 5.15. The Bertz CT molecular complexity index is 1580. The number of pyridine rings is 1. The summed E-state index contributed by atoms with van der Waals surface area (Å²) in [4.78, 5) is 22.6. The van der Waals surface area contributed by atoms with E-state index in [9.17, 15) is 4.79 Å². The Labute approximate surface area is 232 Å². The van der Waals surface area contributed by atoms with Crippen molar-refractivity contribution >= 4 is 23.3 Å². The lowest BCUT2D eigenvalue weighted by atomic mass is 10.0. The van der Waals surface area contributed by atoms with Crippen LogP contribution in [0, 0.1) is 0 Å². The summed E-state index contributed by atoms with van der Waals surface area (Å²) in [6, 6.07) is 24.0. The van der Waals surface area contributed by atoms with Crippen LogP contribution in [0.2, 0.25) is 5.02 Å². The predicted molar refractivity (Wildman–Crippen MR) is 155 cm³/mol. The second-order valence-corrected chi connectivity index (χ2v) is 10.4. The maximum Gasteiger partial charge on any atom is 0.226 e. The van der Waals surface area contributed by atoms with Crippen LogP contribution in [0.3, 0.4) is 0 Å². The van der Waals surface area contributed by atoms with Crippen molar-refractivity contribution in [3.63, 3.8) is 0 Å². The zero-order valence-corrected chi connectivity index (χ0v) is 22.2. The number of amides is 1. The molecule has 1 saturated heterocycles. The average Bonchev–Trinajstić information content (AvgIpc) is 3.65. The van der Waals surface area contributed by atoms with E-state index in [1.807, 2.05) is 88.6 Å². The Balaban J connectivity index is 1.14. The first-order chi connectivity index (χ1) is 19.0. The Kier molecular flexibility index (Phi) is 6.90. The van der Waals surface area contributed by atoms with Crippen LogP contribution in [0.15, 0.2) is 91.4 Å². The smallest absolute Gasteiger partial charge is 0.226 e. The van der Waals surface area contributed by atoms with Crippen molar-refractivity contribution in [2.75, 3.05) is 18.8 Å². The van der Waals surface area contributed by atoms with E-state index in [1.165, 1.54) is 0 Å². The van der Waals surface area contributed by atoms with Crippen molar-refractivity contribution in [2.45, 2.75) is 25.3 Å². The lowest BCUT2D eigenvalue weighted by molar-refractivity contribution is -0.131. The molecule has 6 rings (SSSR count). The van der Waals surface area contributed by atoms with E-state index in [1.54, 1.807) is 6.20 Å². The van der Waals surface area contributed by atoms with Gasteiger partial charge < -0.3 is 15.6 Å². The fraction of sp³-hybridized carbons (Fsp3) is 0.194. The van der Waals surface area contributed by atoms with Gasteiger partial charge in [-0.25, -0.2) is 4.98 Å². The van der Waals surface area contributed by atoms with E-state index >= 15 is 0 Å². The van der Waals surface area contributed by atoms with Gasteiger partial charge in [-0.15, -0.1) is 0 Å². The first kappa shape index (κ1) is 24.9. The van der Waals surface area contributed by atoms with Crippen LogP contribution in [0.5, 0.6) is 0 Å². The Hall–Kier alpha value is -4.36. The van der Waals surface area contributed by atoms with Crippen molar-refractivity contribution in [2.24, 2.45) is 0 Å². The number of carbonyl (C=O) groups excluding carboxylic acids is 1. The minimum atomic E-state index is 0.185. The highest BCUT2D eigenvalue weighted by atomic mass is 35.5. The Morgan fingerprint density at radius 3 is 2.44 bits per heavy atom. The number of aromatic nitrogens is 4. The van der Waals surface area contributed by atoms with E-state index < -0.39 is 0 Å². The molecule has 4 heterocycles. The molecule has 196 valence electrons. The third-order valence-electron chi connectivity index (χ3n) is 7.37. The SMILES string of the molecule is Nc1ncc(-c2cnn(C3CCN(C(=O)Cc4ccccc4)CC3)c2)cc1-c1ccc(-c2ccc(Cl)cc2)[nH]1. The van der Waals surface area contributed by atoms with Crippen LogP contribution in [0.1, 0.15) is 24.4 Å². The number of H-pyrrole nitrogens is 1. The molecule has 0 spiro atoms. The molecule has 1 aliphatic rings. The highest BCUT2D eigenvalue weighted by Gasteiger charge is 2.24. The van der Waals surface area contributed by atoms with Gasteiger partial charge in [-0.1, -0.05) is 54.1 Å². The van der Waals surface area contributed by atoms with Crippen LogP contribution in [-0.2, 0) is 11.2 Å². The molecular formula is C31H29ClN6O. The Morgan fingerprint density at radius 2 is 1.67 bits per heavy atom. The quantitative estimate of drug-likeness (QED) is 0.268. The predicted octanol–water partition coefficient (Wildman–Crippen LogP) is 6.25. The summed E-state index contributed by atoms with van der Waals surface area (Å²) in [6.07, 6.45) is 7.93. The molecule has 0 aliphatic carbocycles. The molecule has 39 heavy (non-hydrogen) atoms. The molecule has 7 nitrogen and oxygen atoms in total. The molecule has 1 fully saturated rings. The minimum Gasteiger partial charge on any atom is -0.383 e. The van der Waals surface area contributed by atoms with Gasteiger partial charge in [-0.05, 0) is 54.3 Å². The third kappa shape index (κ3) is 5.45. The number of hydrogen-bond donors (Lipinski definition) is 2. The number of benzene rings is 2. The molecule has 5 aromatic rings. The van der Waals surface area contributed by atoms with Gasteiger partial charge in [0.05, 0.1) is 18.7 Å². The number of halogens is 1. The first-order valence-corrected chi connectivity index (χ1v) is 13.5. The normalized spacial score (nSPS) is 14.0. The molecule has 0 atom stereocenters. The number of nitrogens with two attached hydrogens (primary N) is 1. The lowest BCUT2D eigenvalue weighted by Gasteiger charge is -2.32. The second-order valence-electron chi connectivity index (χ2n) is 9.93. The molecular weight excluding hydrogens is 508 g/mol. The molecule has 8 heteroatoms. The summed E-state index contributed by atoms with van der Waals surface area (Å²) in [7, 11) is 0. The van der Waals surface area contributed by atoms with Crippen molar-refractivity contribution < 1.29 is 4.79 Å². The number of likely N-dealkylation sites (tertiary alicyclic amines) is 1. The van der Waals surface area contributed by atoms with Gasteiger partial charge in [0.15, 0.2) is 0 Å². The van der Waals surface area contributed by atoms with E-state index in [4.69, 9.17) is 17.3 Å². The minimum absolute atomic E-state index is 0.185. The first-order valence-electron chi connectivity index (χ1n) is 13.1. The van der Waals surface area contributed by atoms with Crippen molar-refractivity contribution in [1.29, 1.82) is 0 Å². The number of aromatic amines is 1. The van der Waals surface area contributed by atoms with Crippen molar-refractivity contribution in [3.05, 3.63) is 102 Å². The van der Waals surface area contributed by atoms with Gasteiger partial charge in [0, 0.05) is 58.6 Å². The van der Waals surface area contributed by atoms with Gasteiger partial charge in [0.1, 0.15) is 5.82 Å². The van der Waals surface area contributed by atoms with Gasteiger partial charge in [0.2, 0.25) is 5.91 Å². The highest BCUT2D eigenvalue weighted by Crippen LogP contribution is 2.32. The van der Waals surface area contributed by atoms with E-state index in [2.05, 4.69) is 21.3 Å². The molecule has 2 aromatic carbocycles. The average molecular weight is 537 g/mol. The second kappa shape index (κ2) is 10.8. The largest absolute Gasteiger partial charge is 0.383 e. The lowest BCUT2D eigenvalue weighted by Crippen LogP contribution is -2.39. The maximum absolute atomic E-state index is 12.8. The number of nitrogen functional groups attached to an aromatic ring is 1. The van der Waals surface area contributed by atoms with Crippen molar-refractivity contribution in [1.82, 2.24) is 24.6 Å². The third-order valence-corrected chi connectivity index (χ3v) is 7.63. The topological polar surface area (TPSA) is 92.8 Å². The van der Waals surface area contributed by atoms with Crippen LogP contribution in [0.4, 0.5) is 5.82 Å². The molecule has 1 amide bonds. The summed E-state index contributed by atoms with van der Waals surface area (Å²) in [5, 5.41) is 5.37. The van der Waals surface area contributed by atoms with Gasteiger partial charge in [-0.3, -0.25) is 9.48 Å². The molecule has 1 aliphatic heterocycles. The van der Waals surface area contributed by atoms with E-state index in [0.29, 0.717) is 17.3 Å². The molecule has 0 saturated carbocycles. The van der Waals surface area contributed by atoms with Crippen LogP contribution >= 0.6 is 11.6 Å².